The first-order valence-corrected chi connectivity index (χ1v) is 4.22. The summed E-state index contributed by atoms with van der Waals surface area (Å²) in [5.41, 5.74) is 0. The van der Waals surface area contributed by atoms with Crippen LogP contribution in [0.25, 0.3) is 0 Å². The minimum Gasteiger partial charge on any atom is -0.497 e. The van der Waals surface area contributed by atoms with Gasteiger partial charge in [-0.25, -0.2) is 0 Å². The monoisotopic (exact) mass is 202 g/mol. The fourth-order valence-electron chi connectivity index (χ4n) is 0.842. The van der Waals surface area contributed by atoms with E-state index in [2.05, 4.69) is 25.3 Å². The Bertz CT molecular complexity index is 287. The van der Waals surface area contributed by atoms with Gasteiger partial charge in [0.05, 0.1) is 19.1 Å². The normalized spacial score (nSPS) is 9.67. The molecule has 1 aromatic rings. The molecule has 0 aliphatic carbocycles. The van der Waals surface area contributed by atoms with Gasteiger partial charge >= 0.3 is 0 Å². The zero-order valence-corrected chi connectivity index (χ0v) is 8.65. The van der Waals surface area contributed by atoms with Gasteiger partial charge in [-0.1, -0.05) is 0 Å². The number of hydrogen-bond donors (Lipinski definition) is 2. The summed E-state index contributed by atoms with van der Waals surface area (Å²) < 4.78 is 10.1. The number of methoxy groups -OCH3 is 2. The average Bonchev–Trinajstić information content (AvgIpc) is 2.09. The highest BCUT2D eigenvalue weighted by atomic mass is 32.1. The van der Waals surface area contributed by atoms with E-state index in [0.717, 1.165) is 15.5 Å². The molecular formula is C8H10O2S2. The van der Waals surface area contributed by atoms with Crippen LogP contribution in [0.5, 0.6) is 11.5 Å². The smallest absolute Gasteiger partial charge is 0.136 e. The van der Waals surface area contributed by atoms with Crippen LogP contribution in [0.1, 0.15) is 0 Å². The molecule has 0 aromatic heterocycles. The van der Waals surface area contributed by atoms with Crippen LogP contribution >= 0.6 is 25.3 Å². The zero-order chi connectivity index (χ0) is 9.14. The van der Waals surface area contributed by atoms with Gasteiger partial charge in [0.15, 0.2) is 0 Å². The lowest BCUT2D eigenvalue weighted by Gasteiger charge is -2.08. The van der Waals surface area contributed by atoms with Gasteiger partial charge in [0.1, 0.15) is 11.5 Å². The van der Waals surface area contributed by atoms with E-state index in [0.29, 0.717) is 5.75 Å². The first kappa shape index (κ1) is 9.61. The molecule has 0 saturated carbocycles. The predicted molar refractivity (Wildman–Crippen MR) is 54.1 cm³/mol. The molecule has 0 heterocycles. The molecule has 2 nitrogen and oxygen atoms in total. The lowest BCUT2D eigenvalue weighted by atomic mass is 10.3. The molecule has 0 spiro atoms. The van der Waals surface area contributed by atoms with Crippen molar-refractivity contribution in [1.82, 2.24) is 0 Å². The van der Waals surface area contributed by atoms with Gasteiger partial charge in [-0.05, 0) is 6.07 Å². The zero-order valence-electron chi connectivity index (χ0n) is 6.87. The molecule has 1 aromatic carbocycles. The van der Waals surface area contributed by atoms with Crippen LogP contribution in [-0.2, 0) is 0 Å². The Morgan fingerprint density at radius 2 is 1.75 bits per heavy atom. The van der Waals surface area contributed by atoms with Crippen LogP contribution in [0, 0.1) is 0 Å². The van der Waals surface area contributed by atoms with Gasteiger partial charge in [-0.2, -0.15) is 0 Å². The highest BCUT2D eigenvalue weighted by Gasteiger charge is 2.05. The lowest BCUT2D eigenvalue weighted by Crippen LogP contribution is -1.89. The van der Waals surface area contributed by atoms with Crippen molar-refractivity contribution >= 4 is 25.3 Å². The van der Waals surface area contributed by atoms with Crippen LogP contribution in [-0.4, -0.2) is 14.2 Å². The molecule has 0 radical (unpaired) electrons. The van der Waals surface area contributed by atoms with Crippen molar-refractivity contribution < 1.29 is 9.47 Å². The Hall–Kier alpha value is -0.480. The summed E-state index contributed by atoms with van der Waals surface area (Å²) in [6.07, 6.45) is 0. The third-order valence-electron chi connectivity index (χ3n) is 1.48. The number of benzene rings is 1. The van der Waals surface area contributed by atoms with E-state index in [4.69, 9.17) is 9.47 Å². The third-order valence-corrected chi connectivity index (χ3v) is 2.47. The molecule has 66 valence electrons. The summed E-state index contributed by atoms with van der Waals surface area (Å²) >= 11 is 8.43. The lowest BCUT2D eigenvalue weighted by molar-refractivity contribution is 0.384. The van der Waals surface area contributed by atoms with Crippen molar-refractivity contribution in [3.05, 3.63) is 12.1 Å². The van der Waals surface area contributed by atoms with Gasteiger partial charge in [0.25, 0.3) is 0 Å². The van der Waals surface area contributed by atoms with E-state index >= 15 is 0 Å². The van der Waals surface area contributed by atoms with Gasteiger partial charge in [-0.3, -0.25) is 0 Å². The second-order valence-corrected chi connectivity index (χ2v) is 3.13. The quantitative estimate of drug-likeness (QED) is 0.717. The van der Waals surface area contributed by atoms with E-state index in [1.165, 1.54) is 0 Å². The number of thiol groups is 2. The van der Waals surface area contributed by atoms with Crippen molar-refractivity contribution in [3.63, 3.8) is 0 Å². The first-order chi connectivity index (χ1) is 5.69. The largest absolute Gasteiger partial charge is 0.497 e. The average molecular weight is 202 g/mol. The fourth-order valence-corrected chi connectivity index (χ4v) is 1.30. The predicted octanol–water partition coefficient (Wildman–Crippen LogP) is 2.28. The number of hydrogen-bond acceptors (Lipinski definition) is 4. The fraction of sp³-hybridized carbons (Fsp3) is 0.250. The number of ether oxygens (including phenoxy) is 2. The van der Waals surface area contributed by atoms with Crippen molar-refractivity contribution in [2.45, 2.75) is 9.79 Å². The second kappa shape index (κ2) is 3.96. The molecule has 0 unspecified atom stereocenters. The minimum absolute atomic E-state index is 0.669. The highest BCUT2D eigenvalue weighted by Crippen LogP contribution is 2.33. The molecular weight excluding hydrogens is 192 g/mol. The third kappa shape index (κ3) is 1.81. The molecule has 4 heteroatoms. The van der Waals surface area contributed by atoms with E-state index in [9.17, 15) is 0 Å². The standard InChI is InChI=1S/C8H10O2S2/c1-9-5-3-6(10-2)8(12)7(11)4-5/h3-4,11-12H,1-2H3. The Kier molecular flexibility index (Phi) is 3.17. The maximum Gasteiger partial charge on any atom is 0.136 e. The molecule has 0 bridgehead atoms. The molecule has 0 fully saturated rings. The molecule has 0 amide bonds. The number of rotatable bonds is 2. The molecule has 0 aliphatic rings. The van der Waals surface area contributed by atoms with Gasteiger partial charge < -0.3 is 9.47 Å². The van der Waals surface area contributed by atoms with Crippen LogP contribution in [0.4, 0.5) is 0 Å². The Morgan fingerprint density at radius 3 is 2.25 bits per heavy atom. The van der Waals surface area contributed by atoms with Crippen LogP contribution < -0.4 is 9.47 Å². The summed E-state index contributed by atoms with van der Waals surface area (Å²) in [4.78, 5) is 1.47. The maximum absolute atomic E-state index is 5.06. The summed E-state index contributed by atoms with van der Waals surface area (Å²) in [5.74, 6) is 1.39. The molecule has 1 rings (SSSR count). The van der Waals surface area contributed by atoms with E-state index < -0.39 is 0 Å². The minimum atomic E-state index is 0.669. The molecule has 0 atom stereocenters. The van der Waals surface area contributed by atoms with Crippen LogP contribution in [0.15, 0.2) is 21.9 Å². The van der Waals surface area contributed by atoms with Crippen molar-refractivity contribution in [2.24, 2.45) is 0 Å². The van der Waals surface area contributed by atoms with Crippen LogP contribution in [0.2, 0.25) is 0 Å². The van der Waals surface area contributed by atoms with Gasteiger partial charge in [0.2, 0.25) is 0 Å². The molecule has 0 saturated heterocycles. The summed E-state index contributed by atoms with van der Waals surface area (Å²) in [6, 6.07) is 3.55. The van der Waals surface area contributed by atoms with Crippen molar-refractivity contribution in [3.8, 4) is 11.5 Å². The summed E-state index contributed by atoms with van der Waals surface area (Å²) in [6.45, 7) is 0. The SMILES string of the molecule is COc1cc(S)c(S)c(OC)c1. The maximum atomic E-state index is 5.06. The topological polar surface area (TPSA) is 18.5 Å². The Labute approximate surface area is 82.7 Å². The molecule has 0 N–H and O–H groups in total. The Balaban J connectivity index is 3.19. The van der Waals surface area contributed by atoms with Crippen LogP contribution in [0.3, 0.4) is 0 Å². The molecule has 12 heavy (non-hydrogen) atoms. The first-order valence-electron chi connectivity index (χ1n) is 3.33. The van der Waals surface area contributed by atoms with E-state index in [-0.39, 0.29) is 0 Å². The van der Waals surface area contributed by atoms with Gasteiger partial charge in [-0.15, -0.1) is 25.3 Å². The van der Waals surface area contributed by atoms with E-state index in [1.807, 2.05) is 0 Å². The van der Waals surface area contributed by atoms with Gasteiger partial charge in [0, 0.05) is 11.0 Å². The summed E-state index contributed by atoms with van der Waals surface area (Å²) in [7, 11) is 3.18. The van der Waals surface area contributed by atoms with E-state index in [1.54, 1.807) is 26.4 Å². The van der Waals surface area contributed by atoms with Crippen molar-refractivity contribution in [2.75, 3.05) is 14.2 Å². The second-order valence-electron chi connectivity index (χ2n) is 2.20. The molecule has 0 aliphatic heterocycles. The highest BCUT2D eigenvalue weighted by molar-refractivity contribution is 7.83. The Morgan fingerprint density at radius 1 is 1.08 bits per heavy atom. The summed E-state index contributed by atoms with van der Waals surface area (Å²) in [5, 5.41) is 0. The van der Waals surface area contributed by atoms with Crippen molar-refractivity contribution in [1.29, 1.82) is 0 Å².